The highest BCUT2D eigenvalue weighted by Gasteiger charge is 2.51. The lowest BCUT2D eigenvalue weighted by Gasteiger charge is -2.45. The summed E-state index contributed by atoms with van der Waals surface area (Å²) in [5, 5.41) is 18.9. The van der Waals surface area contributed by atoms with Gasteiger partial charge < -0.3 is 15.4 Å². The van der Waals surface area contributed by atoms with Gasteiger partial charge in [-0.25, -0.2) is 18.3 Å². The monoisotopic (exact) mass is 523 g/mol. The molecule has 0 unspecified atom stereocenters. The molecule has 2 fully saturated rings. The van der Waals surface area contributed by atoms with Crippen molar-refractivity contribution in [2.75, 3.05) is 18.8 Å². The van der Waals surface area contributed by atoms with E-state index in [1.54, 1.807) is 38.8 Å². The SMILES string of the molecule is CC(C)(C)OC(=O)N1CC[C@]2(C1)C[C@H](n1nc(-c3cnn(Cc4cccc(C(F)F)c4)c3)c(C#N)c1N)C2. The van der Waals surface area contributed by atoms with Gasteiger partial charge in [0.1, 0.15) is 28.7 Å². The van der Waals surface area contributed by atoms with Gasteiger partial charge in [0.05, 0.1) is 18.8 Å². The van der Waals surface area contributed by atoms with Crippen LogP contribution in [-0.4, -0.2) is 49.2 Å². The standard InChI is InChI=1S/C27H31F2N7O2/c1-26(2,3)38-25(37)34-8-7-27(16-34)10-20(11-27)36-24(31)21(12-30)22(33-36)19-13-32-35(15-19)14-17-5-4-6-18(9-17)23(28)29/h4-6,9,13,15,20,23H,7-8,10-11,14,16,31H2,1-3H3/t20-,27-. The average molecular weight is 524 g/mol. The molecule has 1 saturated carbocycles. The molecule has 2 aliphatic rings. The summed E-state index contributed by atoms with van der Waals surface area (Å²) in [6, 6.07) is 8.41. The van der Waals surface area contributed by atoms with Gasteiger partial charge in [-0.2, -0.15) is 15.5 Å². The van der Waals surface area contributed by atoms with E-state index in [2.05, 4.69) is 11.2 Å². The second-order valence-corrected chi connectivity index (χ2v) is 11.4. The van der Waals surface area contributed by atoms with Gasteiger partial charge in [-0.15, -0.1) is 0 Å². The summed E-state index contributed by atoms with van der Waals surface area (Å²) in [4.78, 5) is 14.3. The number of amides is 1. The number of halogens is 2. The smallest absolute Gasteiger partial charge is 0.410 e. The van der Waals surface area contributed by atoms with Crippen molar-refractivity contribution in [2.24, 2.45) is 5.41 Å². The summed E-state index contributed by atoms with van der Waals surface area (Å²) in [5.74, 6) is 0.307. The first-order chi connectivity index (χ1) is 18.0. The molecule has 0 atom stereocenters. The molecule has 1 aromatic carbocycles. The number of hydrogen-bond donors (Lipinski definition) is 1. The second-order valence-electron chi connectivity index (χ2n) is 11.4. The Morgan fingerprint density at radius 3 is 2.79 bits per heavy atom. The Morgan fingerprint density at radius 2 is 2.11 bits per heavy atom. The van der Waals surface area contributed by atoms with Crippen LogP contribution in [0.3, 0.4) is 0 Å². The molecule has 1 aliphatic heterocycles. The Labute approximate surface area is 219 Å². The van der Waals surface area contributed by atoms with E-state index >= 15 is 0 Å². The number of carbonyl (C=O) groups is 1. The molecule has 5 rings (SSSR count). The molecule has 1 aliphatic carbocycles. The van der Waals surface area contributed by atoms with Crippen LogP contribution in [0.15, 0.2) is 36.7 Å². The largest absolute Gasteiger partial charge is 0.444 e. The molecule has 9 nitrogen and oxygen atoms in total. The minimum atomic E-state index is -2.54. The van der Waals surface area contributed by atoms with Crippen molar-refractivity contribution < 1.29 is 18.3 Å². The van der Waals surface area contributed by atoms with E-state index in [-0.39, 0.29) is 28.7 Å². The Kier molecular flexibility index (Phi) is 6.37. The highest BCUT2D eigenvalue weighted by molar-refractivity contribution is 5.72. The number of aromatic nitrogens is 4. The first kappa shape index (κ1) is 25.7. The zero-order valence-corrected chi connectivity index (χ0v) is 21.7. The lowest BCUT2D eigenvalue weighted by atomic mass is 9.65. The van der Waals surface area contributed by atoms with E-state index in [0.29, 0.717) is 42.3 Å². The number of hydrogen-bond acceptors (Lipinski definition) is 6. The summed E-state index contributed by atoms with van der Waals surface area (Å²) in [6.07, 6.45) is 3.01. The number of benzene rings is 1. The van der Waals surface area contributed by atoms with Crippen LogP contribution in [-0.2, 0) is 11.3 Å². The first-order valence-electron chi connectivity index (χ1n) is 12.6. The normalized spacial score (nSPS) is 21.1. The maximum Gasteiger partial charge on any atom is 0.410 e. The van der Waals surface area contributed by atoms with E-state index in [1.165, 1.54) is 12.1 Å². The fourth-order valence-corrected chi connectivity index (χ4v) is 5.49. The van der Waals surface area contributed by atoms with Crippen LogP contribution < -0.4 is 5.73 Å². The third-order valence-corrected chi connectivity index (χ3v) is 7.29. The summed E-state index contributed by atoms with van der Waals surface area (Å²) in [5.41, 5.74) is 7.85. The molecule has 38 heavy (non-hydrogen) atoms. The average Bonchev–Trinajstić information content (AvgIpc) is 3.54. The topological polar surface area (TPSA) is 115 Å². The fourth-order valence-electron chi connectivity index (χ4n) is 5.49. The molecule has 200 valence electrons. The predicted molar refractivity (Wildman–Crippen MR) is 136 cm³/mol. The predicted octanol–water partition coefficient (Wildman–Crippen LogP) is 5.15. The quantitative estimate of drug-likeness (QED) is 0.495. The van der Waals surface area contributed by atoms with Crippen molar-refractivity contribution in [3.05, 3.63) is 53.3 Å². The lowest BCUT2D eigenvalue weighted by molar-refractivity contribution is 0.0188. The van der Waals surface area contributed by atoms with Crippen LogP contribution in [0.25, 0.3) is 11.3 Å². The molecule has 3 aromatic rings. The van der Waals surface area contributed by atoms with Gasteiger partial charge in [0.25, 0.3) is 6.43 Å². The van der Waals surface area contributed by atoms with E-state index in [1.807, 2.05) is 20.8 Å². The van der Waals surface area contributed by atoms with Crippen molar-refractivity contribution in [1.29, 1.82) is 5.26 Å². The molecule has 2 N–H and O–H groups in total. The van der Waals surface area contributed by atoms with Crippen molar-refractivity contribution >= 4 is 11.9 Å². The van der Waals surface area contributed by atoms with Crippen LogP contribution in [0.2, 0.25) is 0 Å². The van der Waals surface area contributed by atoms with Gasteiger partial charge in [0.2, 0.25) is 0 Å². The number of likely N-dealkylation sites (tertiary alicyclic amines) is 1. The number of nitriles is 1. The fraction of sp³-hybridized carbons (Fsp3) is 0.481. The van der Waals surface area contributed by atoms with Gasteiger partial charge in [-0.05, 0) is 57.1 Å². The second kappa shape index (κ2) is 9.42. The van der Waals surface area contributed by atoms with Gasteiger partial charge in [0.15, 0.2) is 0 Å². The summed E-state index contributed by atoms with van der Waals surface area (Å²) >= 11 is 0. The van der Waals surface area contributed by atoms with Gasteiger partial charge in [-0.3, -0.25) is 4.68 Å². The van der Waals surface area contributed by atoms with E-state index < -0.39 is 12.0 Å². The molecule has 1 spiro atoms. The Hall–Kier alpha value is -3.94. The van der Waals surface area contributed by atoms with Gasteiger partial charge in [-0.1, -0.05) is 18.2 Å². The summed E-state index contributed by atoms with van der Waals surface area (Å²) in [6.45, 7) is 7.17. The maximum atomic E-state index is 13.0. The summed E-state index contributed by atoms with van der Waals surface area (Å²) in [7, 11) is 0. The highest BCUT2D eigenvalue weighted by atomic mass is 19.3. The first-order valence-corrected chi connectivity index (χ1v) is 12.6. The van der Waals surface area contributed by atoms with Gasteiger partial charge in [0, 0.05) is 30.4 Å². The zero-order valence-electron chi connectivity index (χ0n) is 21.7. The number of alkyl halides is 2. The molecule has 3 heterocycles. The van der Waals surface area contributed by atoms with Crippen molar-refractivity contribution in [1.82, 2.24) is 24.5 Å². The number of anilines is 1. The molecule has 0 radical (unpaired) electrons. The number of nitrogens with zero attached hydrogens (tertiary/aromatic N) is 6. The van der Waals surface area contributed by atoms with Crippen LogP contribution in [0.5, 0.6) is 0 Å². The maximum absolute atomic E-state index is 13.0. The molecular formula is C27H31F2N7O2. The summed E-state index contributed by atoms with van der Waals surface area (Å²) < 4.78 is 35.0. The molecule has 2 aromatic heterocycles. The lowest BCUT2D eigenvalue weighted by Crippen LogP contribution is -2.43. The number of rotatable bonds is 5. The highest BCUT2D eigenvalue weighted by Crippen LogP contribution is 2.54. The Morgan fingerprint density at radius 1 is 1.34 bits per heavy atom. The molecule has 1 amide bonds. The minimum Gasteiger partial charge on any atom is -0.444 e. The Balaban J connectivity index is 1.29. The van der Waals surface area contributed by atoms with Gasteiger partial charge >= 0.3 is 6.09 Å². The zero-order chi connectivity index (χ0) is 27.2. The number of ether oxygens (including phenoxy) is 1. The van der Waals surface area contributed by atoms with E-state index in [9.17, 15) is 18.8 Å². The third kappa shape index (κ3) is 4.95. The van der Waals surface area contributed by atoms with Crippen LogP contribution in [0.1, 0.15) is 69.2 Å². The molecule has 1 saturated heterocycles. The molecule has 11 heteroatoms. The van der Waals surface area contributed by atoms with E-state index in [0.717, 1.165) is 19.3 Å². The molecule has 0 bridgehead atoms. The van der Waals surface area contributed by atoms with Crippen molar-refractivity contribution in [3.63, 3.8) is 0 Å². The number of carbonyl (C=O) groups excluding carboxylic acids is 1. The number of nitrogens with two attached hydrogens (primary N) is 1. The number of nitrogen functional groups attached to an aromatic ring is 1. The van der Waals surface area contributed by atoms with Crippen LogP contribution in [0.4, 0.5) is 19.4 Å². The van der Waals surface area contributed by atoms with Crippen molar-refractivity contribution in [3.8, 4) is 17.3 Å². The van der Waals surface area contributed by atoms with Crippen LogP contribution >= 0.6 is 0 Å². The molecular weight excluding hydrogens is 492 g/mol. The Bertz CT molecular complexity index is 1390. The van der Waals surface area contributed by atoms with E-state index in [4.69, 9.17) is 15.6 Å². The minimum absolute atomic E-state index is 0.00454. The van der Waals surface area contributed by atoms with Crippen LogP contribution in [0, 0.1) is 16.7 Å². The van der Waals surface area contributed by atoms with Crippen molar-refractivity contribution in [2.45, 2.75) is 64.6 Å². The third-order valence-electron chi connectivity index (χ3n) is 7.29.